The van der Waals surface area contributed by atoms with Gasteiger partial charge in [-0.3, -0.25) is 0 Å². The van der Waals surface area contributed by atoms with Crippen LogP contribution in [0.4, 0.5) is 4.79 Å². The third-order valence-corrected chi connectivity index (χ3v) is 2.70. The second-order valence-corrected chi connectivity index (χ2v) is 3.99. The summed E-state index contributed by atoms with van der Waals surface area (Å²) in [7, 11) is 0. The SMILES string of the molecule is O=C=NCNC(=O)NCCc1ccc2[nH]ccc2c1. The summed E-state index contributed by atoms with van der Waals surface area (Å²) >= 11 is 0. The molecule has 0 aliphatic carbocycles. The van der Waals surface area contributed by atoms with Crippen molar-refractivity contribution in [3.63, 3.8) is 0 Å². The highest BCUT2D eigenvalue weighted by molar-refractivity contribution is 5.80. The third kappa shape index (κ3) is 3.69. The van der Waals surface area contributed by atoms with E-state index >= 15 is 0 Å². The molecule has 0 radical (unpaired) electrons. The van der Waals surface area contributed by atoms with Crippen LogP contribution in [0.15, 0.2) is 35.5 Å². The molecule has 6 heteroatoms. The van der Waals surface area contributed by atoms with E-state index in [9.17, 15) is 9.59 Å². The second-order valence-electron chi connectivity index (χ2n) is 3.99. The Balaban J connectivity index is 1.78. The van der Waals surface area contributed by atoms with Gasteiger partial charge in [0.2, 0.25) is 6.08 Å². The Labute approximate surface area is 109 Å². The molecule has 2 amide bonds. The van der Waals surface area contributed by atoms with Gasteiger partial charge in [-0.1, -0.05) is 6.07 Å². The number of aromatic nitrogens is 1. The van der Waals surface area contributed by atoms with Crippen molar-refractivity contribution >= 4 is 23.0 Å². The number of fused-ring (bicyclic) bond motifs is 1. The maximum absolute atomic E-state index is 11.3. The van der Waals surface area contributed by atoms with Gasteiger partial charge in [-0.25, -0.2) is 9.59 Å². The lowest BCUT2D eigenvalue weighted by atomic mass is 10.1. The summed E-state index contributed by atoms with van der Waals surface area (Å²) in [6.07, 6.45) is 3.99. The molecule has 98 valence electrons. The molecule has 0 saturated heterocycles. The molecule has 1 aromatic heterocycles. The highest BCUT2D eigenvalue weighted by atomic mass is 16.2. The van der Waals surface area contributed by atoms with Gasteiger partial charge in [0.05, 0.1) is 0 Å². The van der Waals surface area contributed by atoms with Crippen LogP contribution in [0.3, 0.4) is 0 Å². The molecule has 0 aliphatic heterocycles. The number of nitrogens with zero attached hydrogens (tertiary/aromatic N) is 1. The van der Waals surface area contributed by atoms with Crippen LogP contribution in [-0.2, 0) is 11.2 Å². The normalized spacial score (nSPS) is 9.89. The molecular weight excluding hydrogens is 244 g/mol. The van der Waals surface area contributed by atoms with E-state index in [1.54, 1.807) is 0 Å². The van der Waals surface area contributed by atoms with Gasteiger partial charge >= 0.3 is 6.03 Å². The first-order valence-electron chi connectivity index (χ1n) is 5.91. The molecule has 0 aliphatic rings. The molecule has 3 N–H and O–H groups in total. The molecule has 2 aromatic rings. The van der Waals surface area contributed by atoms with E-state index in [0.29, 0.717) is 6.54 Å². The molecular formula is C13H14N4O2. The van der Waals surface area contributed by atoms with Crippen molar-refractivity contribution in [2.45, 2.75) is 6.42 Å². The number of carbonyl (C=O) groups is 1. The standard InChI is InChI=1S/C13H14N4O2/c18-9-14-8-17-13(19)16-5-3-10-1-2-12-11(7-10)4-6-15-12/h1-2,4,6-7,15H,3,5,8H2,(H2,16,17,19). The quantitative estimate of drug-likeness (QED) is 0.557. The van der Waals surface area contributed by atoms with Gasteiger partial charge in [-0.15, -0.1) is 0 Å². The lowest BCUT2D eigenvalue weighted by Gasteiger charge is -2.05. The summed E-state index contributed by atoms with van der Waals surface area (Å²) < 4.78 is 0. The van der Waals surface area contributed by atoms with E-state index in [1.165, 1.54) is 6.08 Å². The summed E-state index contributed by atoms with van der Waals surface area (Å²) in [5.41, 5.74) is 2.25. The van der Waals surface area contributed by atoms with Crippen molar-refractivity contribution in [2.75, 3.05) is 13.2 Å². The molecule has 2 rings (SSSR count). The molecule has 0 spiro atoms. The van der Waals surface area contributed by atoms with E-state index in [2.05, 4.69) is 26.7 Å². The number of benzene rings is 1. The summed E-state index contributed by atoms with van der Waals surface area (Å²) in [4.78, 5) is 27.4. The van der Waals surface area contributed by atoms with Gasteiger partial charge < -0.3 is 15.6 Å². The monoisotopic (exact) mass is 258 g/mol. The second kappa shape index (κ2) is 6.37. The average molecular weight is 258 g/mol. The molecule has 0 saturated carbocycles. The molecule has 1 aromatic carbocycles. The predicted molar refractivity (Wildman–Crippen MR) is 71.5 cm³/mol. The van der Waals surface area contributed by atoms with Crippen LogP contribution in [0.25, 0.3) is 10.9 Å². The molecule has 0 atom stereocenters. The lowest BCUT2D eigenvalue weighted by molar-refractivity contribution is 0.241. The molecule has 1 heterocycles. The number of amides is 2. The number of aliphatic imine (C=N–C) groups is 1. The van der Waals surface area contributed by atoms with Gasteiger partial charge in [0.25, 0.3) is 0 Å². The maximum atomic E-state index is 11.3. The summed E-state index contributed by atoms with van der Waals surface area (Å²) in [5, 5.41) is 6.25. The average Bonchev–Trinajstić information content (AvgIpc) is 2.86. The zero-order valence-corrected chi connectivity index (χ0v) is 10.3. The largest absolute Gasteiger partial charge is 0.361 e. The molecule has 0 bridgehead atoms. The molecule has 0 unspecified atom stereocenters. The highest BCUT2D eigenvalue weighted by Crippen LogP contribution is 2.14. The highest BCUT2D eigenvalue weighted by Gasteiger charge is 2.00. The fraction of sp³-hybridized carbons (Fsp3) is 0.231. The fourth-order valence-electron chi connectivity index (χ4n) is 1.78. The Bertz CT molecular complexity index is 614. The smallest absolute Gasteiger partial charge is 0.316 e. The maximum Gasteiger partial charge on any atom is 0.316 e. The number of hydrogen-bond donors (Lipinski definition) is 3. The van der Waals surface area contributed by atoms with Gasteiger partial charge in [-0.2, -0.15) is 4.99 Å². The van der Waals surface area contributed by atoms with Crippen LogP contribution in [-0.4, -0.2) is 30.3 Å². The van der Waals surface area contributed by atoms with Crippen LogP contribution in [0.1, 0.15) is 5.56 Å². The number of rotatable bonds is 5. The Morgan fingerprint density at radius 3 is 3.05 bits per heavy atom. The third-order valence-electron chi connectivity index (χ3n) is 2.70. The first kappa shape index (κ1) is 12.9. The summed E-state index contributed by atoms with van der Waals surface area (Å²) in [6, 6.07) is 7.79. The van der Waals surface area contributed by atoms with E-state index in [4.69, 9.17) is 0 Å². The first-order chi connectivity index (χ1) is 9.29. The number of isocyanates is 1. The van der Waals surface area contributed by atoms with Crippen LogP contribution in [0, 0.1) is 0 Å². The minimum Gasteiger partial charge on any atom is -0.361 e. The van der Waals surface area contributed by atoms with E-state index in [-0.39, 0.29) is 12.7 Å². The minimum atomic E-state index is -0.346. The molecule has 19 heavy (non-hydrogen) atoms. The number of nitrogens with one attached hydrogen (secondary N) is 3. The minimum absolute atomic E-state index is 0.0509. The van der Waals surface area contributed by atoms with Crippen LogP contribution >= 0.6 is 0 Å². The Kier molecular flexibility index (Phi) is 4.31. The van der Waals surface area contributed by atoms with E-state index in [1.807, 2.05) is 24.4 Å². The number of urea groups is 1. The van der Waals surface area contributed by atoms with Crippen molar-refractivity contribution in [3.8, 4) is 0 Å². The van der Waals surface area contributed by atoms with Gasteiger partial charge in [-0.05, 0) is 35.6 Å². The van der Waals surface area contributed by atoms with Crippen molar-refractivity contribution in [1.29, 1.82) is 0 Å². The molecule has 0 fully saturated rings. The van der Waals surface area contributed by atoms with Gasteiger partial charge in [0, 0.05) is 18.3 Å². The predicted octanol–water partition coefficient (Wildman–Crippen LogP) is 1.30. The van der Waals surface area contributed by atoms with Gasteiger partial charge in [0.15, 0.2) is 0 Å². The Morgan fingerprint density at radius 1 is 1.32 bits per heavy atom. The van der Waals surface area contributed by atoms with Crippen molar-refractivity contribution in [1.82, 2.24) is 15.6 Å². The zero-order chi connectivity index (χ0) is 13.5. The Hall–Kier alpha value is -2.59. The number of hydrogen-bond acceptors (Lipinski definition) is 3. The van der Waals surface area contributed by atoms with Crippen LogP contribution < -0.4 is 10.6 Å². The number of carbonyl (C=O) groups excluding carboxylic acids is 2. The molecule has 6 nitrogen and oxygen atoms in total. The number of H-pyrrole nitrogens is 1. The Morgan fingerprint density at radius 2 is 2.21 bits per heavy atom. The van der Waals surface area contributed by atoms with Crippen molar-refractivity contribution < 1.29 is 9.59 Å². The lowest BCUT2D eigenvalue weighted by Crippen LogP contribution is -2.36. The van der Waals surface area contributed by atoms with Crippen LogP contribution in [0.5, 0.6) is 0 Å². The van der Waals surface area contributed by atoms with Crippen molar-refractivity contribution in [2.24, 2.45) is 4.99 Å². The van der Waals surface area contributed by atoms with E-state index in [0.717, 1.165) is 22.9 Å². The number of aromatic amines is 1. The van der Waals surface area contributed by atoms with Crippen molar-refractivity contribution in [3.05, 3.63) is 36.0 Å². The van der Waals surface area contributed by atoms with E-state index < -0.39 is 0 Å². The van der Waals surface area contributed by atoms with Crippen LogP contribution in [0.2, 0.25) is 0 Å². The topological polar surface area (TPSA) is 86.3 Å². The zero-order valence-electron chi connectivity index (χ0n) is 10.3. The first-order valence-corrected chi connectivity index (χ1v) is 5.91. The summed E-state index contributed by atoms with van der Waals surface area (Å²) in [6.45, 7) is 0.469. The van der Waals surface area contributed by atoms with Gasteiger partial charge in [0.1, 0.15) is 6.67 Å². The summed E-state index contributed by atoms with van der Waals surface area (Å²) in [5.74, 6) is 0. The fourth-order valence-corrected chi connectivity index (χ4v) is 1.78.